The highest BCUT2D eigenvalue weighted by Crippen LogP contribution is 2.35. The predicted octanol–water partition coefficient (Wildman–Crippen LogP) is 5.46. The molecule has 0 atom stereocenters. The van der Waals surface area contributed by atoms with Crippen molar-refractivity contribution in [3.63, 3.8) is 0 Å². The second-order valence-corrected chi connectivity index (χ2v) is 9.00. The summed E-state index contributed by atoms with van der Waals surface area (Å²) in [5.74, 6) is 0.110. The molecule has 4 rings (SSSR count). The van der Waals surface area contributed by atoms with Crippen LogP contribution >= 0.6 is 0 Å². The SMILES string of the molecule is COC(=O)Nc1cc(-c2nc(C)n(CCN(C(=O)Nc3ccc(F)cc3C(F)(F)F)C3CCCC3)n2)ccn1. The number of aromatic nitrogens is 4. The van der Waals surface area contributed by atoms with Crippen LogP contribution in [0.3, 0.4) is 0 Å². The number of anilines is 2. The Bertz CT molecular complexity index is 1340. The van der Waals surface area contributed by atoms with Crippen molar-refractivity contribution in [2.75, 3.05) is 24.3 Å². The number of hydrogen-bond acceptors (Lipinski definition) is 6. The summed E-state index contributed by atoms with van der Waals surface area (Å²) >= 11 is 0. The number of nitrogens with zero attached hydrogens (tertiary/aromatic N) is 5. The predicted molar refractivity (Wildman–Crippen MR) is 133 cm³/mol. The zero-order valence-electron chi connectivity index (χ0n) is 21.3. The molecule has 10 nitrogen and oxygen atoms in total. The highest BCUT2D eigenvalue weighted by Gasteiger charge is 2.35. The minimum Gasteiger partial charge on any atom is -0.453 e. The third-order valence-electron chi connectivity index (χ3n) is 6.40. The van der Waals surface area contributed by atoms with E-state index in [2.05, 4.69) is 30.4 Å². The third kappa shape index (κ3) is 6.81. The fourth-order valence-corrected chi connectivity index (χ4v) is 4.46. The Morgan fingerprint density at radius 2 is 1.90 bits per heavy atom. The highest BCUT2D eigenvalue weighted by atomic mass is 19.4. The topological polar surface area (TPSA) is 114 Å². The van der Waals surface area contributed by atoms with Crippen LogP contribution in [0, 0.1) is 12.7 Å². The quantitative estimate of drug-likeness (QED) is 0.378. The van der Waals surface area contributed by atoms with Gasteiger partial charge in [0, 0.05) is 24.3 Å². The Labute approximate surface area is 221 Å². The van der Waals surface area contributed by atoms with Crippen molar-refractivity contribution >= 4 is 23.6 Å². The van der Waals surface area contributed by atoms with Crippen LogP contribution in [0.1, 0.15) is 37.1 Å². The van der Waals surface area contributed by atoms with Gasteiger partial charge in [0.1, 0.15) is 17.5 Å². The molecule has 0 spiro atoms. The molecule has 2 aromatic heterocycles. The molecule has 1 aliphatic carbocycles. The maximum absolute atomic E-state index is 13.5. The first-order valence-corrected chi connectivity index (χ1v) is 12.2. The van der Waals surface area contributed by atoms with Gasteiger partial charge in [-0.1, -0.05) is 12.8 Å². The number of benzene rings is 1. The lowest BCUT2D eigenvalue weighted by atomic mass is 10.1. The van der Waals surface area contributed by atoms with E-state index in [1.807, 2.05) is 0 Å². The normalized spacial score (nSPS) is 13.8. The van der Waals surface area contributed by atoms with Crippen molar-refractivity contribution < 1.29 is 31.9 Å². The molecule has 1 aliphatic rings. The molecular weight excluding hydrogens is 522 g/mol. The average molecular weight is 550 g/mol. The number of halogens is 4. The lowest BCUT2D eigenvalue weighted by Crippen LogP contribution is -2.43. The lowest BCUT2D eigenvalue weighted by molar-refractivity contribution is -0.137. The second kappa shape index (κ2) is 11.7. The number of aryl methyl sites for hydroxylation is 1. The Morgan fingerprint density at radius 3 is 2.59 bits per heavy atom. The molecule has 0 aliphatic heterocycles. The highest BCUT2D eigenvalue weighted by molar-refractivity contribution is 5.90. The number of urea groups is 1. The second-order valence-electron chi connectivity index (χ2n) is 9.00. The van der Waals surface area contributed by atoms with Gasteiger partial charge in [0.05, 0.1) is 24.9 Å². The molecule has 2 N–H and O–H groups in total. The first-order chi connectivity index (χ1) is 18.5. The van der Waals surface area contributed by atoms with Crippen LogP contribution in [0.4, 0.5) is 38.7 Å². The number of pyridine rings is 1. The molecule has 1 saturated carbocycles. The van der Waals surface area contributed by atoms with E-state index in [0.29, 0.717) is 23.3 Å². The minimum atomic E-state index is -4.84. The monoisotopic (exact) mass is 549 g/mol. The van der Waals surface area contributed by atoms with Crippen LogP contribution in [0.25, 0.3) is 11.4 Å². The fraction of sp³-hybridized carbons (Fsp3) is 0.400. The van der Waals surface area contributed by atoms with Crippen LogP contribution < -0.4 is 10.6 Å². The van der Waals surface area contributed by atoms with Gasteiger partial charge >= 0.3 is 18.3 Å². The summed E-state index contributed by atoms with van der Waals surface area (Å²) in [5.41, 5.74) is -1.18. The van der Waals surface area contributed by atoms with Gasteiger partial charge in [0.25, 0.3) is 0 Å². The molecule has 39 heavy (non-hydrogen) atoms. The number of rotatable bonds is 7. The summed E-state index contributed by atoms with van der Waals surface area (Å²) in [7, 11) is 1.23. The van der Waals surface area contributed by atoms with Crippen molar-refractivity contribution in [3.05, 3.63) is 53.7 Å². The number of nitrogens with one attached hydrogen (secondary N) is 2. The summed E-state index contributed by atoms with van der Waals surface area (Å²) in [6.07, 6.45) is -0.800. The summed E-state index contributed by atoms with van der Waals surface area (Å²) in [6.45, 7) is 2.13. The number of hydrogen-bond donors (Lipinski definition) is 2. The summed E-state index contributed by atoms with van der Waals surface area (Å²) in [4.78, 5) is 34.7. The van der Waals surface area contributed by atoms with Gasteiger partial charge in [-0.25, -0.2) is 28.6 Å². The Balaban J connectivity index is 1.51. The molecule has 14 heteroatoms. The van der Waals surface area contributed by atoms with E-state index in [1.54, 1.807) is 23.7 Å². The smallest absolute Gasteiger partial charge is 0.418 e. The Kier molecular flexibility index (Phi) is 8.31. The summed E-state index contributed by atoms with van der Waals surface area (Å²) in [6, 6.07) is 4.53. The summed E-state index contributed by atoms with van der Waals surface area (Å²) in [5, 5.41) is 9.30. The molecule has 0 bridgehead atoms. The first kappa shape index (κ1) is 27.8. The van der Waals surface area contributed by atoms with Crippen molar-refractivity contribution in [1.29, 1.82) is 0 Å². The Hall–Kier alpha value is -4.23. The number of ether oxygens (including phenoxy) is 1. The summed E-state index contributed by atoms with van der Waals surface area (Å²) < 4.78 is 60.1. The van der Waals surface area contributed by atoms with Crippen LogP contribution in [0.2, 0.25) is 0 Å². The number of carbonyl (C=O) groups is 2. The molecule has 208 valence electrons. The third-order valence-corrected chi connectivity index (χ3v) is 6.40. The van der Waals surface area contributed by atoms with Gasteiger partial charge in [-0.05, 0) is 50.1 Å². The van der Waals surface area contributed by atoms with Crippen molar-refractivity contribution in [1.82, 2.24) is 24.6 Å². The van der Waals surface area contributed by atoms with E-state index in [9.17, 15) is 27.2 Å². The largest absolute Gasteiger partial charge is 0.453 e. The first-order valence-electron chi connectivity index (χ1n) is 12.2. The molecule has 1 aromatic carbocycles. The van der Waals surface area contributed by atoms with Crippen molar-refractivity contribution in [2.24, 2.45) is 0 Å². The molecule has 1 fully saturated rings. The van der Waals surface area contributed by atoms with E-state index in [4.69, 9.17) is 0 Å². The van der Waals surface area contributed by atoms with Crippen LogP contribution in [0.5, 0.6) is 0 Å². The lowest BCUT2D eigenvalue weighted by Gasteiger charge is -2.29. The van der Waals surface area contributed by atoms with Gasteiger partial charge in [-0.2, -0.15) is 18.3 Å². The fourth-order valence-electron chi connectivity index (χ4n) is 4.46. The molecular formula is C25H27F4N7O3. The maximum Gasteiger partial charge on any atom is 0.418 e. The standard InChI is InChI=1S/C25H27F4N7O3/c1-15-31-22(16-9-10-30-21(13-16)33-24(38)39-2)34-36(15)12-11-35(18-5-3-4-6-18)23(37)32-20-8-7-17(26)14-19(20)25(27,28)29/h7-10,13-14,18H,3-6,11-12H2,1-2H3,(H,32,37)(H,30,33,38). The molecule has 0 saturated heterocycles. The van der Waals surface area contributed by atoms with Gasteiger partial charge < -0.3 is 15.0 Å². The molecule has 2 heterocycles. The zero-order valence-corrected chi connectivity index (χ0v) is 21.3. The Morgan fingerprint density at radius 1 is 1.15 bits per heavy atom. The molecule has 3 aromatic rings. The number of amides is 3. The van der Waals surface area contributed by atoms with E-state index < -0.39 is 35.4 Å². The van der Waals surface area contributed by atoms with Gasteiger partial charge in [0.15, 0.2) is 5.82 Å². The van der Waals surface area contributed by atoms with Crippen molar-refractivity contribution in [2.45, 2.75) is 51.4 Å². The average Bonchev–Trinajstić information content (AvgIpc) is 3.55. The number of alkyl halides is 3. The van der Waals surface area contributed by atoms with Crippen LogP contribution in [0.15, 0.2) is 36.5 Å². The number of methoxy groups -OCH3 is 1. The van der Waals surface area contributed by atoms with Crippen LogP contribution in [-0.4, -0.2) is 56.5 Å². The van der Waals surface area contributed by atoms with Crippen LogP contribution in [-0.2, 0) is 17.5 Å². The molecule has 0 unspecified atom stereocenters. The molecule has 3 amide bonds. The van der Waals surface area contributed by atoms with E-state index in [1.165, 1.54) is 18.2 Å². The van der Waals surface area contributed by atoms with Crippen molar-refractivity contribution in [3.8, 4) is 11.4 Å². The number of carbonyl (C=O) groups excluding carboxylic acids is 2. The van der Waals surface area contributed by atoms with E-state index in [-0.39, 0.29) is 24.9 Å². The maximum atomic E-state index is 13.5. The minimum absolute atomic E-state index is 0.157. The van der Waals surface area contributed by atoms with Gasteiger partial charge in [0.2, 0.25) is 0 Å². The van der Waals surface area contributed by atoms with Gasteiger partial charge in [-0.15, -0.1) is 0 Å². The van der Waals surface area contributed by atoms with Gasteiger partial charge in [-0.3, -0.25) is 5.32 Å². The van der Waals surface area contributed by atoms with E-state index >= 15 is 0 Å². The zero-order chi connectivity index (χ0) is 28.2. The molecule has 0 radical (unpaired) electrons. The van der Waals surface area contributed by atoms with E-state index in [0.717, 1.165) is 37.8 Å².